The average molecular weight is 237 g/mol. The highest BCUT2D eigenvalue weighted by molar-refractivity contribution is 6.07. The molecule has 3 aliphatic rings. The minimum atomic E-state index is -0.629. The summed E-state index contributed by atoms with van der Waals surface area (Å²) in [5.41, 5.74) is -0.629. The summed E-state index contributed by atoms with van der Waals surface area (Å²) in [7, 11) is 0. The van der Waals surface area contributed by atoms with Gasteiger partial charge in [-0.15, -0.1) is 0 Å². The van der Waals surface area contributed by atoms with Crippen molar-refractivity contribution in [2.24, 2.45) is 5.92 Å². The van der Waals surface area contributed by atoms with Crippen LogP contribution in [0.25, 0.3) is 0 Å². The van der Waals surface area contributed by atoms with Crippen molar-refractivity contribution in [3.05, 3.63) is 0 Å². The summed E-state index contributed by atoms with van der Waals surface area (Å²) in [5, 5.41) is 6.04. The lowest BCUT2D eigenvalue weighted by atomic mass is 9.98. The molecule has 2 N–H and O–H groups in total. The van der Waals surface area contributed by atoms with Gasteiger partial charge in [-0.1, -0.05) is 12.8 Å². The molecule has 2 saturated heterocycles. The SMILES string of the molecule is O=C1NC2(CCNC2)C(=O)N1CC1CCCC1. The first-order valence-corrected chi connectivity index (χ1v) is 6.56. The van der Waals surface area contributed by atoms with Gasteiger partial charge in [-0.3, -0.25) is 9.69 Å². The third-order valence-corrected chi connectivity index (χ3v) is 4.32. The second-order valence-electron chi connectivity index (χ2n) is 5.51. The molecular weight excluding hydrogens is 218 g/mol. The molecule has 2 heterocycles. The van der Waals surface area contributed by atoms with Crippen LogP contribution in [0.3, 0.4) is 0 Å². The highest BCUT2D eigenvalue weighted by Gasteiger charge is 2.52. The van der Waals surface area contributed by atoms with E-state index in [1.54, 1.807) is 0 Å². The van der Waals surface area contributed by atoms with E-state index in [2.05, 4.69) is 10.6 Å². The first kappa shape index (κ1) is 11.0. The fraction of sp³-hybridized carbons (Fsp3) is 0.833. The minimum absolute atomic E-state index is 0.0144. The smallest absolute Gasteiger partial charge is 0.322 e. The molecule has 2 aliphatic heterocycles. The molecule has 94 valence electrons. The maximum Gasteiger partial charge on any atom is 0.325 e. The molecule has 17 heavy (non-hydrogen) atoms. The van der Waals surface area contributed by atoms with Gasteiger partial charge in [0.05, 0.1) is 0 Å². The number of nitrogens with one attached hydrogen (secondary N) is 2. The Hall–Kier alpha value is -1.10. The fourth-order valence-corrected chi connectivity index (χ4v) is 3.27. The van der Waals surface area contributed by atoms with Gasteiger partial charge >= 0.3 is 6.03 Å². The number of urea groups is 1. The monoisotopic (exact) mass is 237 g/mol. The predicted octanol–water partition coefficient (Wildman–Crippen LogP) is 0.460. The van der Waals surface area contributed by atoms with Crippen LogP contribution in [-0.4, -0.2) is 42.0 Å². The van der Waals surface area contributed by atoms with Gasteiger partial charge in [0.1, 0.15) is 5.54 Å². The molecule has 1 saturated carbocycles. The van der Waals surface area contributed by atoms with Gasteiger partial charge in [0, 0.05) is 13.1 Å². The molecule has 0 aromatic heterocycles. The van der Waals surface area contributed by atoms with Crippen molar-refractivity contribution in [3.63, 3.8) is 0 Å². The van der Waals surface area contributed by atoms with Gasteiger partial charge in [-0.25, -0.2) is 4.79 Å². The van der Waals surface area contributed by atoms with Gasteiger partial charge in [0.2, 0.25) is 0 Å². The van der Waals surface area contributed by atoms with E-state index in [4.69, 9.17) is 0 Å². The Balaban J connectivity index is 1.72. The Labute approximate surface area is 101 Å². The van der Waals surface area contributed by atoms with Crippen molar-refractivity contribution in [1.82, 2.24) is 15.5 Å². The molecule has 0 aromatic carbocycles. The number of rotatable bonds is 2. The van der Waals surface area contributed by atoms with E-state index >= 15 is 0 Å². The van der Waals surface area contributed by atoms with Crippen molar-refractivity contribution in [1.29, 1.82) is 0 Å². The molecule has 3 amide bonds. The Kier molecular flexibility index (Phi) is 2.58. The number of hydrogen-bond donors (Lipinski definition) is 2. The van der Waals surface area contributed by atoms with Gasteiger partial charge in [0.25, 0.3) is 5.91 Å². The van der Waals surface area contributed by atoms with Crippen molar-refractivity contribution in [3.8, 4) is 0 Å². The Morgan fingerprint density at radius 1 is 1.29 bits per heavy atom. The topological polar surface area (TPSA) is 61.4 Å². The van der Waals surface area contributed by atoms with Gasteiger partial charge in [-0.05, 0) is 31.7 Å². The van der Waals surface area contributed by atoms with Crippen LogP contribution in [0.4, 0.5) is 4.79 Å². The van der Waals surface area contributed by atoms with E-state index in [-0.39, 0.29) is 11.9 Å². The molecule has 0 radical (unpaired) electrons. The molecule has 0 bridgehead atoms. The third kappa shape index (κ3) is 1.73. The number of nitrogens with zero attached hydrogens (tertiary/aromatic N) is 1. The summed E-state index contributed by atoms with van der Waals surface area (Å²) in [5.74, 6) is 0.508. The maximum absolute atomic E-state index is 12.3. The van der Waals surface area contributed by atoms with Gasteiger partial charge in [0.15, 0.2) is 0 Å². The van der Waals surface area contributed by atoms with Crippen LogP contribution in [0, 0.1) is 5.92 Å². The number of amides is 3. The predicted molar refractivity (Wildman–Crippen MR) is 62.4 cm³/mol. The molecule has 3 rings (SSSR count). The van der Waals surface area contributed by atoms with Crippen molar-refractivity contribution < 1.29 is 9.59 Å². The number of carbonyl (C=O) groups excluding carboxylic acids is 2. The van der Waals surface area contributed by atoms with Crippen molar-refractivity contribution in [2.75, 3.05) is 19.6 Å². The number of carbonyl (C=O) groups is 2. The maximum atomic E-state index is 12.3. The minimum Gasteiger partial charge on any atom is -0.322 e. The Morgan fingerprint density at radius 2 is 2.06 bits per heavy atom. The highest BCUT2D eigenvalue weighted by Crippen LogP contribution is 2.29. The fourth-order valence-electron chi connectivity index (χ4n) is 3.27. The molecule has 3 fully saturated rings. The summed E-state index contributed by atoms with van der Waals surface area (Å²) in [6.07, 6.45) is 5.51. The van der Waals surface area contributed by atoms with Crippen molar-refractivity contribution in [2.45, 2.75) is 37.6 Å². The second kappa shape index (κ2) is 3.98. The van der Waals surface area contributed by atoms with Crippen LogP contribution in [0.2, 0.25) is 0 Å². The van der Waals surface area contributed by atoms with Gasteiger partial charge in [-0.2, -0.15) is 0 Å². The van der Waals surface area contributed by atoms with Crippen LogP contribution >= 0.6 is 0 Å². The first-order chi connectivity index (χ1) is 8.21. The summed E-state index contributed by atoms with van der Waals surface area (Å²) < 4.78 is 0. The zero-order chi connectivity index (χ0) is 11.9. The summed E-state index contributed by atoms with van der Waals surface area (Å²) in [4.78, 5) is 25.7. The van der Waals surface area contributed by atoms with E-state index in [1.807, 2.05) is 0 Å². The van der Waals surface area contributed by atoms with E-state index in [0.717, 1.165) is 25.8 Å². The highest BCUT2D eigenvalue weighted by atomic mass is 16.2. The molecule has 5 nitrogen and oxygen atoms in total. The number of imide groups is 1. The summed E-state index contributed by atoms with van der Waals surface area (Å²) >= 11 is 0. The lowest BCUT2D eigenvalue weighted by molar-refractivity contribution is -0.131. The lowest BCUT2D eigenvalue weighted by Crippen LogP contribution is -2.48. The first-order valence-electron chi connectivity index (χ1n) is 6.56. The second-order valence-corrected chi connectivity index (χ2v) is 5.51. The zero-order valence-corrected chi connectivity index (χ0v) is 10.00. The number of hydrogen-bond acceptors (Lipinski definition) is 3. The Morgan fingerprint density at radius 3 is 2.71 bits per heavy atom. The van der Waals surface area contributed by atoms with Crippen LogP contribution in [0.1, 0.15) is 32.1 Å². The average Bonchev–Trinajstić information content (AvgIpc) is 2.99. The largest absolute Gasteiger partial charge is 0.325 e. The molecule has 0 aromatic rings. The molecular formula is C12H19N3O2. The van der Waals surface area contributed by atoms with E-state index < -0.39 is 5.54 Å². The van der Waals surface area contributed by atoms with E-state index in [1.165, 1.54) is 17.7 Å². The molecule has 5 heteroatoms. The lowest BCUT2D eigenvalue weighted by Gasteiger charge is -2.21. The summed E-state index contributed by atoms with van der Waals surface area (Å²) in [6, 6.07) is -0.189. The van der Waals surface area contributed by atoms with Crippen molar-refractivity contribution >= 4 is 11.9 Å². The van der Waals surface area contributed by atoms with E-state index in [0.29, 0.717) is 19.0 Å². The van der Waals surface area contributed by atoms with E-state index in [9.17, 15) is 9.59 Å². The van der Waals surface area contributed by atoms with Crippen LogP contribution in [-0.2, 0) is 4.79 Å². The summed E-state index contributed by atoms with van der Waals surface area (Å²) in [6.45, 7) is 2.01. The third-order valence-electron chi connectivity index (χ3n) is 4.32. The molecule has 1 unspecified atom stereocenters. The standard InChI is InChI=1S/C12H19N3O2/c16-10-12(5-6-13-8-12)14-11(17)15(10)7-9-3-1-2-4-9/h9,13H,1-8H2,(H,14,17). The normalized spacial score (nSPS) is 34.0. The zero-order valence-electron chi connectivity index (χ0n) is 10.00. The molecule has 1 spiro atoms. The van der Waals surface area contributed by atoms with Crippen LogP contribution in [0.5, 0.6) is 0 Å². The quantitative estimate of drug-likeness (QED) is 0.686. The Bertz CT molecular complexity index is 344. The molecule has 1 atom stereocenters. The van der Waals surface area contributed by atoms with Crippen LogP contribution in [0.15, 0.2) is 0 Å². The van der Waals surface area contributed by atoms with Gasteiger partial charge < -0.3 is 10.6 Å². The van der Waals surface area contributed by atoms with Crippen LogP contribution < -0.4 is 10.6 Å². The molecule has 1 aliphatic carbocycles.